The first kappa shape index (κ1) is 11.9. The molecule has 0 saturated carbocycles. The molecule has 2 heteroatoms. The van der Waals surface area contributed by atoms with E-state index in [9.17, 15) is 0 Å². The fourth-order valence-corrected chi connectivity index (χ4v) is 2.96. The van der Waals surface area contributed by atoms with Gasteiger partial charge in [-0.3, -0.25) is 0 Å². The minimum atomic E-state index is 1.13. The van der Waals surface area contributed by atoms with Gasteiger partial charge in [-0.15, -0.1) is 11.3 Å². The lowest BCUT2D eigenvalue weighted by molar-refractivity contribution is 0.926. The Balaban J connectivity index is 2.08. The van der Waals surface area contributed by atoms with E-state index in [1.165, 1.54) is 28.8 Å². The molecule has 83 valence electrons. The first-order valence-corrected chi connectivity index (χ1v) is 7.13. The molecule has 2 aromatic rings. The third kappa shape index (κ3) is 3.19. The summed E-state index contributed by atoms with van der Waals surface area (Å²) in [7, 11) is 0. The molecule has 1 radical (unpaired) electrons. The molecule has 1 aromatic heterocycles. The van der Waals surface area contributed by atoms with Crippen molar-refractivity contribution in [1.29, 1.82) is 0 Å². The summed E-state index contributed by atoms with van der Waals surface area (Å²) in [5, 5.41) is 2.26. The smallest absolute Gasteiger partial charge is 0.0301 e. The summed E-state index contributed by atoms with van der Waals surface area (Å²) in [6.07, 6.45) is 4.63. The maximum atomic E-state index is 3.49. The molecule has 0 atom stereocenters. The average molecular weight is 294 g/mol. The van der Waals surface area contributed by atoms with Crippen LogP contribution >= 0.6 is 27.3 Å². The van der Waals surface area contributed by atoms with Gasteiger partial charge in [-0.25, -0.2) is 0 Å². The van der Waals surface area contributed by atoms with Crippen molar-refractivity contribution in [2.24, 2.45) is 0 Å². The number of hydrogen-bond donors (Lipinski definition) is 0. The Morgan fingerprint density at radius 1 is 1.31 bits per heavy atom. The monoisotopic (exact) mass is 293 g/mol. The lowest BCUT2D eigenvalue weighted by Gasteiger charge is -1.98. The number of halogens is 1. The summed E-state index contributed by atoms with van der Waals surface area (Å²) in [5.41, 5.74) is 2.70. The zero-order valence-corrected chi connectivity index (χ0v) is 11.6. The minimum Gasteiger partial charge on any atom is -0.148 e. The van der Waals surface area contributed by atoms with Crippen LogP contribution in [0.5, 0.6) is 0 Å². The quantitative estimate of drug-likeness (QED) is 0.739. The molecule has 0 nitrogen and oxygen atoms in total. The maximum Gasteiger partial charge on any atom is 0.0301 e. The number of aryl methyl sites for hydroxylation is 1. The van der Waals surface area contributed by atoms with E-state index in [2.05, 4.69) is 58.9 Å². The van der Waals surface area contributed by atoms with Gasteiger partial charge in [0.25, 0.3) is 0 Å². The van der Waals surface area contributed by atoms with Crippen LogP contribution in [0.2, 0.25) is 0 Å². The second kappa shape index (κ2) is 5.65. The molecule has 0 fully saturated rings. The predicted octanol–water partition coefficient (Wildman–Crippen LogP) is 5.06. The van der Waals surface area contributed by atoms with Crippen LogP contribution in [0.1, 0.15) is 29.3 Å². The molecule has 0 aliphatic rings. The molecule has 0 spiro atoms. The van der Waals surface area contributed by atoms with E-state index in [0.717, 1.165) is 4.47 Å². The van der Waals surface area contributed by atoms with E-state index in [-0.39, 0.29) is 0 Å². The molecule has 1 heterocycles. The Morgan fingerprint density at radius 2 is 2.19 bits per heavy atom. The molecule has 0 N–H and O–H groups in total. The van der Waals surface area contributed by atoms with Crippen LogP contribution in [-0.2, 0) is 6.42 Å². The van der Waals surface area contributed by atoms with Crippen LogP contribution in [0, 0.1) is 6.42 Å². The highest BCUT2D eigenvalue weighted by Crippen LogP contribution is 2.22. The first-order chi connectivity index (χ1) is 7.78. The highest BCUT2D eigenvalue weighted by Gasteiger charge is 2.01. The topological polar surface area (TPSA) is 0 Å². The summed E-state index contributed by atoms with van der Waals surface area (Å²) < 4.78 is 1.13. The van der Waals surface area contributed by atoms with Crippen molar-refractivity contribution in [3.63, 3.8) is 0 Å². The zero-order valence-electron chi connectivity index (χ0n) is 9.24. The molecular weight excluding hydrogens is 280 g/mol. The van der Waals surface area contributed by atoms with E-state index >= 15 is 0 Å². The second-order valence-electron chi connectivity index (χ2n) is 3.81. The Morgan fingerprint density at radius 3 is 2.94 bits per heavy atom. The molecule has 0 aliphatic heterocycles. The van der Waals surface area contributed by atoms with Crippen molar-refractivity contribution >= 4 is 27.3 Å². The van der Waals surface area contributed by atoms with Crippen molar-refractivity contribution in [2.45, 2.75) is 19.8 Å². The summed E-state index contributed by atoms with van der Waals surface area (Å²) in [5.74, 6) is 0. The van der Waals surface area contributed by atoms with Gasteiger partial charge in [0.15, 0.2) is 0 Å². The SMILES string of the molecule is CCCc1csc([CH]c2cccc(Br)c2)c1. The number of thiophene rings is 1. The molecule has 0 amide bonds. The van der Waals surface area contributed by atoms with Crippen molar-refractivity contribution in [3.05, 3.63) is 62.6 Å². The van der Waals surface area contributed by atoms with Crippen molar-refractivity contribution in [3.8, 4) is 0 Å². The standard InChI is InChI=1S/C14H14BrS/c1-2-4-12-9-14(16-10-12)8-11-5-3-6-13(15)7-11/h3,5-10H,2,4H2,1H3. The van der Waals surface area contributed by atoms with E-state index in [1.807, 2.05) is 17.4 Å². The fraction of sp³-hybridized carbons (Fsp3) is 0.214. The summed E-state index contributed by atoms with van der Waals surface area (Å²) in [6.45, 7) is 2.22. The van der Waals surface area contributed by atoms with Gasteiger partial charge in [0, 0.05) is 15.8 Å². The summed E-state index contributed by atoms with van der Waals surface area (Å²) in [4.78, 5) is 1.33. The Kier molecular flexibility index (Phi) is 4.19. The minimum absolute atomic E-state index is 1.13. The van der Waals surface area contributed by atoms with Gasteiger partial charge >= 0.3 is 0 Å². The van der Waals surface area contributed by atoms with Gasteiger partial charge in [0.1, 0.15) is 0 Å². The van der Waals surface area contributed by atoms with Gasteiger partial charge < -0.3 is 0 Å². The highest BCUT2D eigenvalue weighted by molar-refractivity contribution is 9.10. The Bertz CT molecular complexity index is 459. The zero-order chi connectivity index (χ0) is 11.4. The Hall–Kier alpha value is -0.600. The van der Waals surface area contributed by atoms with Gasteiger partial charge in [-0.2, -0.15) is 0 Å². The molecule has 0 bridgehead atoms. The Labute approximate surface area is 109 Å². The fourth-order valence-electron chi connectivity index (χ4n) is 1.65. The van der Waals surface area contributed by atoms with Crippen molar-refractivity contribution in [2.75, 3.05) is 0 Å². The number of benzene rings is 1. The third-order valence-electron chi connectivity index (χ3n) is 2.37. The highest BCUT2D eigenvalue weighted by atomic mass is 79.9. The molecule has 0 aliphatic carbocycles. The predicted molar refractivity (Wildman–Crippen MR) is 75.0 cm³/mol. The van der Waals surface area contributed by atoms with E-state index in [1.54, 1.807) is 0 Å². The molecule has 0 unspecified atom stereocenters. The maximum absolute atomic E-state index is 3.49. The lowest BCUT2D eigenvalue weighted by atomic mass is 10.1. The van der Waals surface area contributed by atoms with Crippen LogP contribution in [0.4, 0.5) is 0 Å². The van der Waals surface area contributed by atoms with Crippen LogP contribution in [0.25, 0.3) is 0 Å². The van der Waals surface area contributed by atoms with Crippen LogP contribution in [0.3, 0.4) is 0 Å². The summed E-state index contributed by atoms with van der Waals surface area (Å²) >= 11 is 5.31. The van der Waals surface area contributed by atoms with Gasteiger partial charge in [0.05, 0.1) is 0 Å². The van der Waals surface area contributed by atoms with Gasteiger partial charge in [0.2, 0.25) is 0 Å². The van der Waals surface area contributed by atoms with Crippen molar-refractivity contribution in [1.82, 2.24) is 0 Å². The molecule has 16 heavy (non-hydrogen) atoms. The van der Waals surface area contributed by atoms with Gasteiger partial charge in [-0.05, 0) is 41.1 Å². The lowest BCUT2D eigenvalue weighted by Crippen LogP contribution is -1.81. The van der Waals surface area contributed by atoms with Gasteiger partial charge in [-0.1, -0.05) is 41.4 Å². The van der Waals surface area contributed by atoms with Crippen LogP contribution < -0.4 is 0 Å². The molecule has 2 rings (SSSR count). The molecule has 0 saturated heterocycles. The summed E-state index contributed by atoms with van der Waals surface area (Å²) in [6, 6.07) is 10.7. The van der Waals surface area contributed by atoms with Crippen LogP contribution in [0.15, 0.2) is 40.2 Å². The number of rotatable bonds is 4. The molecular formula is C14H14BrS. The van der Waals surface area contributed by atoms with Crippen molar-refractivity contribution < 1.29 is 0 Å². The van der Waals surface area contributed by atoms with Crippen LogP contribution in [-0.4, -0.2) is 0 Å². The van der Waals surface area contributed by atoms with E-state index in [0.29, 0.717) is 0 Å². The average Bonchev–Trinajstić information content (AvgIpc) is 2.66. The van der Waals surface area contributed by atoms with E-state index < -0.39 is 0 Å². The normalized spacial score (nSPS) is 10.6. The molecule has 1 aromatic carbocycles. The second-order valence-corrected chi connectivity index (χ2v) is 5.67. The van der Waals surface area contributed by atoms with E-state index in [4.69, 9.17) is 0 Å². The largest absolute Gasteiger partial charge is 0.148 e. The first-order valence-electron chi connectivity index (χ1n) is 5.45. The number of hydrogen-bond acceptors (Lipinski definition) is 1. The third-order valence-corrected chi connectivity index (χ3v) is 3.79.